The van der Waals surface area contributed by atoms with Crippen molar-refractivity contribution in [2.45, 2.75) is 32.9 Å². The van der Waals surface area contributed by atoms with Gasteiger partial charge in [0, 0.05) is 39.1 Å². The molecule has 1 unspecified atom stereocenters. The molecule has 5 nitrogen and oxygen atoms in total. The van der Waals surface area contributed by atoms with E-state index in [1.54, 1.807) is 13.2 Å². The summed E-state index contributed by atoms with van der Waals surface area (Å²) in [6.45, 7) is 6.78. The van der Waals surface area contributed by atoms with Gasteiger partial charge in [0.1, 0.15) is 0 Å². The van der Waals surface area contributed by atoms with Gasteiger partial charge in [-0.05, 0) is 29.5 Å². The van der Waals surface area contributed by atoms with E-state index < -0.39 is 0 Å². The van der Waals surface area contributed by atoms with Crippen LogP contribution in [-0.4, -0.2) is 29.1 Å². The van der Waals surface area contributed by atoms with Crippen molar-refractivity contribution in [3.05, 3.63) is 89.5 Å². The van der Waals surface area contributed by atoms with E-state index in [0.29, 0.717) is 5.92 Å². The molecule has 0 radical (unpaired) electrons. The van der Waals surface area contributed by atoms with E-state index in [9.17, 15) is 0 Å². The zero-order valence-corrected chi connectivity index (χ0v) is 19.6. The molecular formula is C23H30IN5. The fourth-order valence-electron chi connectivity index (χ4n) is 3.10. The van der Waals surface area contributed by atoms with Crippen LogP contribution in [0.4, 0.5) is 0 Å². The number of rotatable bonds is 7. The maximum atomic E-state index is 4.34. The van der Waals surface area contributed by atoms with E-state index in [-0.39, 0.29) is 24.0 Å². The average molecular weight is 503 g/mol. The Balaban J connectivity index is 0.00000300. The Morgan fingerprint density at radius 1 is 1.10 bits per heavy atom. The molecule has 1 heterocycles. The van der Waals surface area contributed by atoms with Crippen LogP contribution in [0.5, 0.6) is 0 Å². The van der Waals surface area contributed by atoms with Crippen molar-refractivity contribution in [1.29, 1.82) is 0 Å². The van der Waals surface area contributed by atoms with E-state index >= 15 is 0 Å². The summed E-state index contributed by atoms with van der Waals surface area (Å²) >= 11 is 0. The summed E-state index contributed by atoms with van der Waals surface area (Å²) in [6, 6.07) is 17.3. The molecule has 0 aliphatic rings. The van der Waals surface area contributed by atoms with Gasteiger partial charge in [0.05, 0.1) is 6.33 Å². The van der Waals surface area contributed by atoms with Gasteiger partial charge in [-0.15, -0.1) is 24.0 Å². The fourth-order valence-corrected chi connectivity index (χ4v) is 3.10. The molecule has 1 atom stereocenters. The van der Waals surface area contributed by atoms with Crippen LogP contribution in [0.15, 0.2) is 72.2 Å². The summed E-state index contributed by atoms with van der Waals surface area (Å²) in [5, 5.41) is 6.82. The molecule has 0 saturated carbocycles. The Morgan fingerprint density at radius 2 is 1.86 bits per heavy atom. The highest BCUT2D eigenvalue weighted by atomic mass is 127. The van der Waals surface area contributed by atoms with Gasteiger partial charge in [-0.2, -0.15) is 0 Å². The molecule has 1 aromatic heterocycles. The van der Waals surface area contributed by atoms with E-state index in [1.807, 2.05) is 12.5 Å². The maximum absolute atomic E-state index is 4.34. The van der Waals surface area contributed by atoms with E-state index in [1.165, 1.54) is 22.3 Å². The number of hydrogen-bond donors (Lipinski definition) is 2. The van der Waals surface area contributed by atoms with Crippen molar-refractivity contribution in [2.24, 2.45) is 4.99 Å². The zero-order chi connectivity index (χ0) is 19.8. The molecule has 154 valence electrons. The number of aliphatic imine (C=N–C) groups is 1. The fraction of sp³-hybridized carbons (Fsp3) is 0.304. The van der Waals surface area contributed by atoms with Crippen molar-refractivity contribution in [1.82, 2.24) is 20.2 Å². The molecule has 0 bridgehead atoms. The average Bonchev–Trinajstić information content (AvgIpc) is 3.22. The molecule has 0 aliphatic carbocycles. The number of nitrogens with zero attached hydrogens (tertiary/aromatic N) is 3. The van der Waals surface area contributed by atoms with E-state index in [0.717, 1.165) is 25.6 Å². The van der Waals surface area contributed by atoms with Crippen LogP contribution in [0, 0.1) is 6.92 Å². The third-order valence-corrected chi connectivity index (χ3v) is 4.82. The third kappa shape index (κ3) is 7.20. The first-order valence-electron chi connectivity index (χ1n) is 9.68. The lowest BCUT2D eigenvalue weighted by atomic mass is 9.99. The number of nitrogens with one attached hydrogen (secondary N) is 2. The first-order valence-corrected chi connectivity index (χ1v) is 9.68. The SMILES string of the molecule is CN=C(NCc1ccc(Cn2ccnc2)cc1)NCC(C)c1cccc(C)c1.I. The molecular weight excluding hydrogens is 473 g/mol. The van der Waals surface area contributed by atoms with Crippen molar-refractivity contribution in [3.63, 3.8) is 0 Å². The summed E-state index contributed by atoms with van der Waals surface area (Å²) in [4.78, 5) is 8.42. The predicted octanol–water partition coefficient (Wildman–Crippen LogP) is 4.33. The largest absolute Gasteiger partial charge is 0.356 e. The van der Waals surface area contributed by atoms with Crippen LogP contribution in [0.2, 0.25) is 0 Å². The zero-order valence-electron chi connectivity index (χ0n) is 17.3. The molecule has 0 fully saturated rings. The van der Waals surface area contributed by atoms with Gasteiger partial charge < -0.3 is 15.2 Å². The maximum Gasteiger partial charge on any atom is 0.191 e. The first-order chi connectivity index (χ1) is 13.6. The van der Waals surface area contributed by atoms with Gasteiger partial charge >= 0.3 is 0 Å². The summed E-state index contributed by atoms with van der Waals surface area (Å²) < 4.78 is 2.06. The third-order valence-electron chi connectivity index (χ3n) is 4.82. The van der Waals surface area contributed by atoms with Gasteiger partial charge in [0.15, 0.2) is 5.96 Å². The highest BCUT2D eigenvalue weighted by Gasteiger charge is 2.07. The Kier molecular flexibility index (Phi) is 9.18. The van der Waals surface area contributed by atoms with Crippen molar-refractivity contribution in [3.8, 4) is 0 Å². The number of guanidine groups is 1. The summed E-state index contributed by atoms with van der Waals surface area (Å²) in [5.41, 5.74) is 5.13. The second-order valence-corrected chi connectivity index (χ2v) is 7.17. The molecule has 0 saturated heterocycles. The predicted molar refractivity (Wildman–Crippen MR) is 131 cm³/mol. The van der Waals surface area contributed by atoms with Crippen LogP contribution in [0.3, 0.4) is 0 Å². The number of benzene rings is 2. The molecule has 0 spiro atoms. The number of hydrogen-bond acceptors (Lipinski definition) is 2. The standard InChI is InChI=1S/C23H29N5.HI/c1-18-5-4-6-22(13-18)19(2)14-26-23(24-3)27-15-20-7-9-21(10-8-20)16-28-12-11-25-17-28;/h4-13,17,19H,14-16H2,1-3H3,(H2,24,26,27);1H. The summed E-state index contributed by atoms with van der Waals surface area (Å²) in [7, 11) is 1.81. The van der Waals surface area contributed by atoms with Gasteiger partial charge in [-0.3, -0.25) is 4.99 Å². The van der Waals surface area contributed by atoms with Crippen LogP contribution >= 0.6 is 24.0 Å². The van der Waals surface area contributed by atoms with E-state index in [2.05, 4.69) is 87.6 Å². The molecule has 29 heavy (non-hydrogen) atoms. The highest BCUT2D eigenvalue weighted by molar-refractivity contribution is 14.0. The minimum atomic E-state index is 0. The Morgan fingerprint density at radius 3 is 2.52 bits per heavy atom. The quantitative estimate of drug-likeness (QED) is 0.287. The van der Waals surface area contributed by atoms with Crippen LogP contribution < -0.4 is 10.6 Å². The highest BCUT2D eigenvalue weighted by Crippen LogP contribution is 2.15. The first kappa shape index (κ1) is 22.9. The number of imidazole rings is 1. The number of aromatic nitrogens is 2. The molecule has 3 rings (SSSR count). The smallest absolute Gasteiger partial charge is 0.191 e. The molecule has 2 N–H and O–H groups in total. The van der Waals surface area contributed by atoms with Gasteiger partial charge in [0.2, 0.25) is 0 Å². The Labute approximate surface area is 190 Å². The van der Waals surface area contributed by atoms with Gasteiger partial charge in [-0.25, -0.2) is 4.98 Å². The monoisotopic (exact) mass is 503 g/mol. The van der Waals surface area contributed by atoms with Gasteiger partial charge in [0.25, 0.3) is 0 Å². The second-order valence-electron chi connectivity index (χ2n) is 7.17. The van der Waals surface area contributed by atoms with Crippen molar-refractivity contribution >= 4 is 29.9 Å². The molecule has 0 amide bonds. The minimum Gasteiger partial charge on any atom is -0.356 e. The second kappa shape index (κ2) is 11.6. The normalized spacial score (nSPS) is 12.2. The molecule has 6 heteroatoms. The summed E-state index contributed by atoms with van der Waals surface area (Å²) in [5.74, 6) is 1.24. The number of aryl methyl sites for hydroxylation is 1. The van der Waals surface area contributed by atoms with Gasteiger partial charge in [-0.1, -0.05) is 61.0 Å². The van der Waals surface area contributed by atoms with Crippen molar-refractivity contribution in [2.75, 3.05) is 13.6 Å². The van der Waals surface area contributed by atoms with E-state index in [4.69, 9.17) is 0 Å². The van der Waals surface area contributed by atoms with Crippen LogP contribution in [0.1, 0.15) is 35.1 Å². The Bertz CT molecular complexity index is 888. The number of halogens is 1. The molecule has 2 aromatic carbocycles. The summed E-state index contributed by atoms with van der Waals surface area (Å²) in [6.07, 6.45) is 5.61. The van der Waals surface area contributed by atoms with Crippen LogP contribution in [0.25, 0.3) is 0 Å². The topological polar surface area (TPSA) is 54.2 Å². The Hall–Kier alpha value is -2.35. The molecule has 0 aliphatic heterocycles. The minimum absolute atomic E-state index is 0. The van der Waals surface area contributed by atoms with Crippen LogP contribution in [-0.2, 0) is 13.1 Å². The van der Waals surface area contributed by atoms with Crippen molar-refractivity contribution < 1.29 is 0 Å². The molecule has 3 aromatic rings. The lowest BCUT2D eigenvalue weighted by Crippen LogP contribution is -2.38. The lowest BCUT2D eigenvalue weighted by Gasteiger charge is -2.17. The lowest BCUT2D eigenvalue weighted by molar-refractivity contribution is 0.698.